The Morgan fingerprint density at radius 3 is 2.84 bits per heavy atom. The van der Waals surface area contributed by atoms with E-state index in [1.807, 2.05) is 24.3 Å². The van der Waals surface area contributed by atoms with Crippen LogP contribution in [0, 0.1) is 0 Å². The smallest absolute Gasteiger partial charge is 0.360 e. The van der Waals surface area contributed by atoms with Crippen molar-refractivity contribution in [2.75, 3.05) is 0 Å². The van der Waals surface area contributed by atoms with E-state index in [-0.39, 0.29) is 0 Å². The number of H-pyrrole nitrogens is 1. The molecule has 0 fully saturated rings. The Morgan fingerprint density at radius 1 is 1.21 bits per heavy atom. The Kier molecular flexibility index (Phi) is 2.93. The van der Waals surface area contributed by atoms with E-state index < -0.39 is 5.97 Å². The van der Waals surface area contributed by atoms with Crippen molar-refractivity contribution in [3.63, 3.8) is 0 Å². The summed E-state index contributed by atoms with van der Waals surface area (Å²) < 4.78 is 5.19. The van der Waals surface area contributed by atoms with E-state index in [9.17, 15) is 4.79 Å². The van der Waals surface area contributed by atoms with Crippen molar-refractivity contribution in [3.8, 4) is 5.75 Å². The van der Waals surface area contributed by atoms with Gasteiger partial charge in [0.05, 0.1) is 11.2 Å². The second-order valence-corrected chi connectivity index (χ2v) is 4.44. The Bertz CT molecular complexity index is 719. The molecule has 0 bridgehead atoms. The molecule has 0 aliphatic heterocycles. The van der Waals surface area contributed by atoms with Crippen LogP contribution in [0.5, 0.6) is 5.75 Å². The third-order valence-corrected chi connectivity index (χ3v) is 2.85. The number of aromatic amines is 1. The predicted octanol–water partition coefficient (Wildman–Crippen LogP) is 3.44. The summed E-state index contributed by atoms with van der Waals surface area (Å²) in [6, 6.07) is 10.9. The molecule has 4 nitrogen and oxygen atoms in total. The molecule has 0 saturated heterocycles. The maximum atomic E-state index is 12.0. The number of fused-ring (bicyclic) bond motifs is 1. The standard InChI is InChI=1S/C14H9ClN2O2/c15-10-6-11(8-16-7-10)19-14(18)13-5-9-3-1-2-4-12(9)17-13/h1-8,17H. The fraction of sp³-hybridized carbons (Fsp3) is 0. The minimum Gasteiger partial charge on any atom is -0.420 e. The third kappa shape index (κ3) is 2.44. The zero-order valence-corrected chi connectivity index (χ0v) is 10.5. The van der Waals surface area contributed by atoms with E-state index in [4.69, 9.17) is 16.3 Å². The summed E-state index contributed by atoms with van der Waals surface area (Å²) in [4.78, 5) is 18.8. The summed E-state index contributed by atoms with van der Waals surface area (Å²) in [6.45, 7) is 0. The molecule has 0 radical (unpaired) electrons. The van der Waals surface area contributed by atoms with Gasteiger partial charge in [0.25, 0.3) is 0 Å². The van der Waals surface area contributed by atoms with Gasteiger partial charge in [0.1, 0.15) is 5.69 Å². The molecule has 3 aromatic rings. The first-order valence-electron chi connectivity index (χ1n) is 5.63. The first-order chi connectivity index (χ1) is 9.22. The van der Waals surface area contributed by atoms with E-state index in [1.165, 1.54) is 18.5 Å². The molecule has 94 valence electrons. The number of hydrogen-bond donors (Lipinski definition) is 1. The number of nitrogens with one attached hydrogen (secondary N) is 1. The van der Waals surface area contributed by atoms with Gasteiger partial charge in [-0.25, -0.2) is 4.79 Å². The predicted molar refractivity (Wildman–Crippen MR) is 72.5 cm³/mol. The number of hydrogen-bond acceptors (Lipinski definition) is 3. The summed E-state index contributed by atoms with van der Waals surface area (Å²) in [6.07, 6.45) is 2.91. The van der Waals surface area contributed by atoms with Crippen LogP contribution in [-0.2, 0) is 0 Å². The van der Waals surface area contributed by atoms with Crippen molar-refractivity contribution in [3.05, 3.63) is 59.5 Å². The number of halogens is 1. The van der Waals surface area contributed by atoms with Crippen LogP contribution in [0.15, 0.2) is 48.8 Å². The molecule has 19 heavy (non-hydrogen) atoms. The van der Waals surface area contributed by atoms with Crippen molar-refractivity contribution in [1.82, 2.24) is 9.97 Å². The van der Waals surface area contributed by atoms with E-state index >= 15 is 0 Å². The van der Waals surface area contributed by atoms with Crippen LogP contribution in [-0.4, -0.2) is 15.9 Å². The van der Waals surface area contributed by atoms with Gasteiger partial charge in [-0.3, -0.25) is 4.98 Å². The lowest BCUT2D eigenvalue weighted by molar-refractivity contribution is 0.0729. The molecule has 5 heteroatoms. The number of ether oxygens (including phenoxy) is 1. The molecule has 2 heterocycles. The molecule has 0 atom stereocenters. The minimum atomic E-state index is -0.472. The van der Waals surface area contributed by atoms with Crippen molar-refractivity contribution >= 4 is 28.5 Å². The van der Waals surface area contributed by atoms with Crippen LogP contribution in [0.1, 0.15) is 10.5 Å². The highest BCUT2D eigenvalue weighted by Crippen LogP contribution is 2.19. The minimum absolute atomic E-state index is 0.316. The molecular formula is C14H9ClN2O2. The molecule has 0 aliphatic rings. The van der Waals surface area contributed by atoms with Gasteiger partial charge in [-0.2, -0.15) is 0 Å². The van der Waals surface area contributed by atoms with Crippen LogP contribution in [0.3, 0.4) is 0 Å². The SMILES string of the molecule is O=C(Oc1cncc(Cl)c1)c1cc2ccccc2[nH]1. The maximum absolute atomic E-state index is 12.0. The molecule has 0 saturated carbocycles. The normalized spacial score (nSPS) is 10.6. The van der Waals surface area contributed by atoms with Gasteiger partial charge in [0, 0.05) is 23.2 Å². The number of benzene rings is 1. The van der Waals surface area contributed by atoms with Crippen molar-refractivity contribution in [2.45, 2.75) is 0 Å². The highest BCUT2D eigenvalue weighted by atomic mass is 35.5. The third-order valence-electron chi connectivity index (χ3n) is 2.64. The number of pyridine rings is 1. The molecule has 0 unspecified atom stereocenters. The Hall–Kier alpha value is -2.33. The second kappa shape index (κ2) is 4.74. The molecule has 1 N–H and O–H groups in total. The Morgan fingerprint density at radius 2 is 2.05 bits per heavy atom. The number of esters is 1. The first-order valence-corrected chi connectivity index (χ1v) is 6.01. The zero-order valence-electron chi connectivity index (χ0n) is 9.76. The number of carbonyl (C=O) groups excluding carboxylic acids is 1. The number of rotatable bonds is 2. The Labute approximate surface area is 114 Å². The van der Waals surface area contributed by atoms with Crippen molar-refractivity contribution in [2.24, 2.45) is 0 Å². The van der Waals surface area contributed by atoms with Gasteiger partial charge in [-0.15, -0.1) is 0 Å². The summed E-state index contributed by atoms with van der Waals surface area (Å²) in [7, 11) is 0. The second-order valence-electron chi connectivity index (χ2n) is 4.00. The lowest BCUT2D eigenvalue weighted by atomic mass is 10.2. The van der Waals surface area contributed by atoms with E-state index in [1.54, 1.807) is 6.07 Å². The average molecular weight is 273 g/mol. The van der Waals surface area contributed by atoms with Crippen LogP contribution < -0.4 is 4.74 Å². The quantitative estimate of drug-likeness (QED) is 0.727. The topological polar surface area (TPSA) is 55.0 Å². The summed E-state index contributed by atoms with van der Waals surface area (Å²) in [5.74, 6) is -0.156. The summed E-state index contributed by atoms with van der Waals surface area (Å²) >= 11 is 5.78. The number of nitrogens with zero attached hydrogens (tertiary/aromatic N) is 1. The van der Waals surface area contributed by atoms with Gasteiger partial charge in [0.15, 0.2) is 5.75 Å². The molecule has 2 aromatic heterocycles. The van der Waals surface area contributed by atoms with E-state index in [2.05, 4.69) is 9.97 Å². The van der Waals surface area contributed by atoms with E-state index in [0.29, 0.717) is 16.5 Å². The van der Waals surface area contributed by atoms with Crippen LogP contribution >= 0.6 is 11.6 Å². The molecule has 1 aromatic carbocycles. The highest BCUT2D eigenvalue weighted by molar-refractivity contribution is 6.30. The largest absolute Gasteiger partial charge is 0.420 e. The fourth-order valence-corrected chi connectivity index (χ4v) is 1.96. The van der Waals surface area contributed by atoms with Gasteiger partial charge in [-0.1, -0.05) is 29.8 Å². The number of carbonyl (C=O) groups is 1. The molecule has 3 rings (SSSR count). The van der Waals surface area contributed by atoms with Gasteiger partial charge in [0.2, 0.25) is 0 Å². The molecule has 0 amide bonds. The summed E-state index contributed by atoms with van der Waals surface area (Å²) in [5.41, 5.74) is 1.28. The fourth-order valence-electron chi connectivity index (χ4n) is 1.79. The van der Waals surface area contributed by atoms with Crippen LogP contribution in [0.4, 0.5) is 0 Å². The van der Waals surface area contributed by atoms with Gasteiger partial charge >= 0.3 is 5.97 Å². The molecule has 0 spiro atoms. The monoisotopic (exact) mass is 272 g/mol. The van der Waals surface area contributed by atoms with Gasteiger partial charge < -0.3 is 9.72 Å². The van der Waals surface area contributed by atoms with Crippen molar-refractivity contribution in [1.29, 1.82) is 0 Å². The number of para-hydroxylation sites is 1. The number of aromatic nitrogens is 2. The molecular weight excluding hydrogens is 264 g/mol. The lowest BCUT2D eigenvalue weighted by Crippen LogP contribution is -2.08. The van der Waals surface area contributed by atoms with Crippen LogP contribution in [0.25, 0.3) is 10.9 Å². The first kappa shape index (κ1) is 11.7. The zero-order chi connectivity index (χ0) is 13.2. The van der Waals surface area contributed by atoms with Gasteiger partial charge in [-0.05, 0) is 12.1 Å². The average Bonchev–Trinajstić information content (AvgIpc) is 2.82. The highest BCUT2D eigenvalue weighted by Gasteiger charge is 2.12. The van der Waals surface area contributed by atoms with E-state index in [0.717, 1.165) is 10.9 Å². The Balaban J connectivity index is 1.87. The van der Waals surface area contributed by atoms with Crippen LogP contribution in [0.2, 0.25) is 5.02 Å². The molecule has 0 aliphatic carbocycles. The lowest BCUT2D eigenvalue weighted by Gasteiger charge is -2.01. The van der Waals surface area contributed by atoms with Crippen molar-refractivity contribution < 1.29 is 9.53 Å². The summed E-state index contributed by atoms with van der Waals surface area (Å²) in [5, 5.41) is 1.38. The maximum Gasteiger partial charge on any atom is 0.360 e.